The van der Waals surface area contributed by atoms with Gasteiger partial charge in [0.25, 0.3) is 0 Å². The monoisotopic (exact) mass is 369 g/mol. The summed E-state index contributed by atoms with van der Waals surface area (Å²) in [7, 11) is 0. The Hall–Kier alpha value is -1.91. The molecule has 0 amide bonds. The summed E-state index contributed by atoms with van der Waals surface area (Å²) in [5, 5.41) is 13.3. The molecule has 4 rings (SSSR count). The number of benzene rings is 2. The Balaban J connectivity index is 1.76. The Morgan fingerprint density at radius 2 is 1.85 bits per heavy atom. The van der Waals surface area contributed by atoms with Crippen LogP contribution in [0, 0.1) is 11.7 Å². The van der Waals surface area contributed by atoms with E-state index < -0.39 is 0 Å². The van der Waals surface area contributed by atoms with Gasteiger partial charge in [-0.15, -0.1) is 0 Å². The van der Waals surface area contributed by atoms with Crippen molar-refractivity contribution in [1.29, 1.82) is 0 Å². The SMILES string of the molecule is CC(C)(C)c1ccc2c(c1)[C@H]1O[C@@H](CO)CC[C@H]1[C@H](c1ccc(F)cc1)N2. The molecule has 4 heteroatoms. The fourth-order valence-electron chi connectivity index (χ4n) is 4.36. The van der Waals surface area contributed by atoms with E-state index in [2.05, 4.69) is 44.3 Å². The van der Waals surface area contributed by atoms with Crippen LogP contribution >= 0.6 is 0 Å². The van der Waals surface area contributed by atoms with E-state index in [1.165, 1.54) is 23.3 Å². The lowest BCUT2D eigenvalue weighted by Gasteiger charge is -2.45. The number of rotatable bonds is 2. The van der Waals surface area contributed by atoms with Crippen LogP contribution in [-0.2, 0) is 10.2 Å². The van der Waals surface area contributed by atoms with Crippen LogP contribution < -0.4 is 5.32 Å². The van der Waals surface area contributed by atoms with E-state index in [0.717, 1.165) is 24.1 Å². The normalized spacial score (nSPS) is 27.4. The summed E-state index contributed by atoms with van der Waals surface area (Å²) in [6, 6.07) is 13.4. The summed E-state index contributed by atoms with van der Waals surface area (Å²) in [5.41, 5.74) is 4.64. The average molecular weight is 369 g/mol. The van der Waals surface area contributed by atoms with Crippen LogP contribution in [0.3, 0.4) is 0 Å². The Labute approximate surface area is 160 Å². The maximum atomic E-state index is 13.4. The van der Waals surface area contributed by atoms with E-state index in [-0.39, 0.29) is 42.0 Å². The van der Waals surface area contributed by atoms with Crippen molar-refractivity contribution in [2.45, 2.75) is 57.3 Å². The smallest absolute Gasteiger partial charge is 0.123 e. The van der Waals surface area contributed by atoms with E-state index in [9.17, 15) is 9.50 Å². The first-order chi connectivity index (χ1) is 12.9. The van der Waals surface area contributed by atoms with Crippen LogP contribution in [0.1, 0.15) is 62.4 Å². The molecule has 1 saturated heterocycles. The molecule has 2 aliphatic rings. The lowest BCUT2D eigenvalue weighted by Crippen LogP contribution is -2.40. The highest BCUT2D eigenvalue weighted by molar-refractivity contribution is 5.59. The highest BCUT2D eigenvalue weighted by atomic mass is 19.1. The summed E-state index contributed by atoms with van der Waals surface area (Å²) < 4.78 is 19.8. The summed E-state index contributed by atoms with van der Waals surface area (Å²) in [6.45, 7) is 6.68. The molecule has 2 N–H and O–H groups in total. The molecule has 0 unspecified atom stereocenters. The molecular weight excluding hydrogens is 341 g/mol. The zero-order chi connectivity index (χ0) is 19.2. The van der Waals surface area contributed by atoms with Gasteiger partial charge in [-0.25, -0.2) is 4.39 Å². The second-order valence-electron chi connectivity index (χ2n) is 8.83. The highest BCUT2D eigenvalue weighted by Gasteiger charge is 2.42. The lowest BCUT2D eigenvalue weighted by atomic mass is 9.75. The predicted molar refractivity (Wildman–Crippen MR) is 105 cm³/mol. The summed E-state index contributed by atoms with van der Waals surface area (Å²) in [5.74, 6) is 0.0301. The fourth-order valence-corrected chi connectivity index (χ4v) is 4.36. The van der Waals surface area contributed by atoms with E-state index in [4.69, 9.17) is 4.74 Å². The first-order valence-electron chi connectivity index (χ1n) is 9.79. The van der Waals surface area contributed by atoms with Gasteiger partial charge in [0.15, 0.2) is 0 Å². The molecule has 3 nitrogen and oxygen atoms in total. The van der Waals surface area contributed by atoms with Crippen LogP contribution in [0.2, 0.25) is 0 Å². The quantitative estimate of drug-likeness (QED) is 0.772. The molecule has 2 heterocycles. The molecule has 0 radical (unpaired) electrons. The number of nitrogens with one attached hydrogen (secondary N) is 1. The van der Waals surface area contributed by atoms with Crippen molar-refractivity contribution in [2.24, 2.45) is 5.92 Å². The molecular formula is C23H28FNO2. The minimum atomic E-state index is -0.221. The van der Waals surface area contributed by atoms with Crippen LogP contribution in [0.15, 0.2) is 42.5 Å². The van der Waals surface area contributed by atoms with Crippen molar-refractivity contribution in [3.63, 3.8) is 0 Å². The van der Waals surface area contributed by atoms with Gasteiger partial charge in [-0.2, -0.15) is 0 Å². The molecule has 4 atom stereocenters. The van der Waals surface area contributed by atoms with Gasteiger partial charge in [0, 0.05) is 17.2 Å². The minimum absolute atomic E-state index is 0.0478. The zero-order valence-electron chi connectivity index (χ0n) is 16.2. The van der Waals surface area contributed by atoms with Gasteiger partial charge in [-0.1, -0.05) is 45.0 Å². The first-order valence-corrected chi connectivity index (χ1v) is 9.79. The second kappa shape index (κ2) is 6.92. The maximum Gasteiger partial charge on any atom is 0.123 e. The third-order valence-electron chi connectivity index (χ3n) is 5.95. The van der Waals surface area contributed by atoms with Crippen LogP contribution in [0.4, 0.5) is 10.1 Å². The Morgan fingerprint density at radius 1 is 1.11 bits per heavy atom. The molecule has 0 spiro atoms. The number of aliphatic hydroxyl groups is 1. The number of halogens is 1. The van der Waals surface area contributed by atoms with Gasteiger partial charge in [0.05, 0.1) is 24.9 Å². The number of anilines is 1. The number of hydrogen-bond acceptors (Lipinski definition) is 3. The third-order valence-corrected chi connectivity index (χ3v) is 5.95. The molecule has 2 aromatic carbocycles. The molecule has 2 aromatic rings. The second-order valence-corrected chi connectivity index (χ2v) is 8.83. The van der Waals surface area contributed by atoms with E-state index in [1.54, 1.807) is 0 Å². The van der Waals surface area contributed by atoms with Crippen molar-refractivity contribution < 1.29 is 14.2 Å². The van der Waals surface area contributed by atoms with Gasteiger partial charge >= 0.3 is 0 Å². The Morgan fingerprint density at radius 3 is 2.52 bits per heavy atom. The molecule has 0 bridgehead atoms. The van der Waals surface area contributed by atoms with E-state index in [1.807, 2.05) is 12.1 Å². The molecule has 144 valence electrons. The van der Waals surface area contributed by atoms with Crippen molar-refractivity contribution in [2.75, 3.05) is 11.9 Å². The first kappa shape index (κ1) is 18.5. The Kier molecular flexibility index (Phi) is 4.73. The van der Waals surface area contributed by atoms with Crippen molar-refractivity contribution in [1.82, 2.24) is 0 Å². The number of ether oxygens (including phenoxy) is 1. The summed E-state index contributed by atoms with van der Waals surface area (Å²) >= 11 is 0. The van der Waals surface area contributed by atoms with E-state index in [0.29, 0.717) is 0 Å². The molecule has 0 saturated carbocycles. The van der Waals surface area contributed by atoms with Gasteiger partial charge in [0.1, 0.15) is 5.82 Å². The van der Waals surface area contributed by atoms with Gasteiger partial charge in [0.2, 0.25) is 0 Å². The fraction of sp³-hybridized carbons (Fsp3) is 0.478. The van der Waals surface area contributed by atoms with Gasteiger partial charge < -0.3 is 15.2 Å². The van der Waals surface area contributed by atoms with Crippen molar-refractivity contribution in [3.8, 4) is 0 Å². The van der Waals surface area contributed by atoms with Gasteiger partial charge in [-0.3, -0.25) is 0 Å². The number of fused-ring (bicyclic) bond motifs is 3. The molecule has 2 aliphatic heterocycles. The van der Waals surface area contributed by atoms with Crippen LogP contribution in [0.25, 0.3) is 0 Å². The minimum Gasteiger partial charge on any atom is -0.394 e. The molecule has 0 aromatic heterocycles. The Bertz CT molecular complexity index is 812. The standard InChI is InChI=1S/C23H28FNO2/c1-23(2,3)15-6-11-20-19(12-15)22-18(10-9-17(13-26)27-22)21(25-20)14-4-7-16(24)8-5-14/h4-8,11-12,17-18,21-22,25-26H,9-10,13H2,1-3H3/t17-,18+,21+,22+/m1/s1. The van der Waals surface area contributed by atoms with Crippen LogP contribution in [0.5, 0.6) is 0 Å². The maximum absolute atomic E-state index is 13.4. The largest absolute Gasteiger partial charge is 0.394 e. The van der Waals surface area contributed by atoms with Crippen molar-refractivity contribution >= 4 is 5.69 Å². The summed E-state index contributed by atoms with van der Waals surface area (Å²) in [4.78, 5) is 0. The predicted octanol–water partition coefficient (Wildman–Crippen LogP) is 5.12. The average Bonchev–Trinajstić information content (AvgIpc) is 2.66. The third kappa shape index (κ3) is 3.48. The zero-order valence-corrected chi connectivity index (χ0v) is 16.2. The summed E-state index contributed by atoms with van der Waals surface area (Å²) in [6.07, 6.45) is 1.61. The van der Waals surface area contributed by atoms with E-state index >= 15 is 0 Å². The lowest BCUT2D eigenvalue weighted by molar-refractivity contribution is -0.110. The van der Waals surface area contributed by atoms with Crippen LogP contribution in [-0.4, -0.2) is 17.8 Å². The number of aliphatic hydroxyl groups excluding tert-OH is 1. The molecule has 1 fully saturated rings. The van der Waals surface area contributed by atoms with Crippen molar-refractivity contribution in [3.05, 3.63) is 65.0 Å². The topological polar surface area (TPSA) is 41.5 Å². The molecule has 0 aliphatic carbocycles. The van der Waals surface area contributed by atoms with Gasteiger partial charge in [-0.05, 0) is 47.6 Å². The highest BCUT2D eigenvalue weighted by Crippen LogP contribution is 2.50. The molecule has 27 heavy (non-hydrogen) atoms. The number of hydrogen-bond donors (Lipinski definition) is 2.